The van der Waals surface area contributed by atoms with E-state index in [1.165, 1.54) is 0 Å². The van der Waals surface area contributed by atoms with Crippen molar-refractivity contribution >= 4 is 6.21 Å². The molecule has 0 aliphatic heterocycles. The normalized spacial score (nSPS) is 11.1. The molecule has 110 valence electrons. The van der Waals surface area contributed by atoms with Gasteiger partial charge in [0.2, 0.25) is 5.88 Å². The van der Waals surface area contributed by atoms with Crippen molar-refractivity contribution in [1.82, 2.24) is 9.55 Å². The SMILES string of the molecule is Cc1cccc(-n2c(O)c(C=NCCO)c(=O)[nH]c2=O)c1. The Morgan fingerprint density at radius 2 is 2.14 bits per heavy atom. The van der Waals surface area contributed by atoms with Crippen LogP contribution in [0.4, 0.5) is 0 Å². The van der Waals surface area contributed by atoms with E-state index in [-0.39, 0.29) is 18.7 Å². The largest absolute Gasteiger partial charge is 0.493 e. The molecule has 1 heterocycles. The van der Waals surface area contributed by atoms with Gasteiger partial charge in [-0.2, -0.15) is 0 Å². The quantitative estimate of drug-likeness (QED) is 0.686. The number of aliphatic hydroxyl groups is 1. The molecule has 0 aliphatic carbocycles. The molecule has 2 aromatic rings. The Morgan fingerprint density at radius 1 is 1.38 bits per heavy atom. The van der Waals surface area contributed by atoms with Gasteiger partial charge < -0.3 is 10.2 Å². The minimum absolute atomic E-state index is 0.0997. The maximum atomic E-state index is 11.9. The zero-order valence-corrected chi connectivity index (χ0v) is 11.4. The lowest BCUT2D eigenvalue weighted by molar-refractivity contribution is 0.307. The lowest BCUT2D eigenvalue weighted by Crippen LogP contribution is -2.31. The van der Waals surface area contributed by atoms with E-state index < -0.39 is 17.1 Å². The minimum atomic E-state index is -0.734. The van der Waals surface area contributed by atoms with Crippen LogP contribution in [0.15, 0.2) is 38.8 Å². The maximum Gasteiger partial charge on any atom is 0.335 e. The lowest BCUT2D eigenvalue weighted by atomic mass is 10.2. The summed E-state index contributed by atoms with van der Waals surface area (Å²) in [7, 11) is 0. The van der Waals surface area contributed by atoms with Gasteiger partial charge in [-0.25, -0.2) is 9.36 Å². The molecule has 2 rings (SSSR count). The Morgan fingerprint density at radius 3 is 2.81 bits per heavy atom. The Kier molecular flexibility index (Phi) is 4.34. The highest BCUT2D eigenvalue weighted by atomic mass is 16.3. The zero-order valence-electron chi connectivity index (χ0n) is 11.4. The second-order valence-corrected chi connectivity index (χ2v) is 4.43. The second-order valence-electron chi connectivity index (χ2n) is 4.43. The molecular formula is C14H15N3O4. The van der Waals surface area contributed by atoms with E-state index in [9.17, 15) is 14.7 Å². The number of rotatable bonds is 4. The fraction of sp³-hybridized carbons (Fsp3) is 0.214. The Hall–Kier alpha value is -2.67. The van der Waals surface area contributed by atoms with Crippen molar-refractivity contribution < 1.29 is 10.2 Å². The van der Waals surface area contributed by atoms with Crippen LogP contribution in [0.5, 0.6) is 5.88 Å². The van der Waals surface area contributed by atoms with Crippen molar-refractivity contribution in [2.24, 2.45) is 4.99 Å². The molecule has 0 amide bonds. The number of aliphatic imine (C=N–C) groups is 1. The molecule has 3 N–H and O–H groups in total. The number of aromatic amines is 1. The first-order valence-electron chi connectivity index (χ1n) is 6.30. The lowest BCUT2D eigenvalue weighted by Gasteiger charge is -2.10. The van der Waals surface area contributed by atoms with Gasteiger partial charge in [-0.05, 0) is 24.6 Å². The zero-order chi connectivity index (χ0) is 15.4. The van der Waals surface area contributed by atoms with Crippen LogP contribution in [0.3, 0.4) is 0 Å². The van der Waals surface area contributed by atoms with Gasteiger partial charge in [-0.1, -0.05) is 12.1 Å². The van der Waals surface area contributed by atoms with Crippen molar-refractivity contribution in [1.29, 1.82) is 0 Å². The number of aromatic hydroxyl groups is 1. The van der Waals surface area contributed by atoms with E-state index >= 15 is 0 Å². The van der Waals surface area contributed by atoms with Crippen LogP contribution in [0.25, 0.3) is 5.69 Å². The van der Waals surface area contributed by atoms with Crippen molar-refractivity contribution in [3.8, 4) is 11.6 Å². The van der Waals surface area contributed by atoms with Gasteiger partial charge in [0.1, 0.15) is 5.56 Å². The van der Waals surface area contributed by atoms with Crippen LogP contribution in [0.2, 0.25) is 0 Å². The van der Waals surface area contributed by atoms with Gasteiger partial charge in [-0.15, -0.1) is 0 Å². The Bertz CT molecular complexity index is 790. The van der Waals surface area contributed by atoms with Crippen LogP contribution >= 0.6 is 0 Å². The highest BCUT2D eigenvalue weighted by molar-refractivity contribution is 5.82. The monoisotopic (exact) mass is 289 g/mol. The number of benzene rings is 1. The van der Waals surface area contributed by atoms with E-state index in [1.807, 2.05) is 13.0 Å². The van der Waals surface area contributed by atoms with Gasteiger partial charge in [0.05, 0.1) is 18.8 Å². The van der Waals surface area contributed by atoms with Crippen LogP contribution in [0.1, 0.15) is 11.1 Å². The molecule has 0 spiro atoms. The molecule has 7 heteroatoms. The average molecular weight is 289 g/mol. The number of hydrogen-bond acceptors (Lipinski definition) is 5. The number of aromatic nitrogens is 2. The van der Waals surface area contributed by atoms with Gasteiger partial charge in [0.25, 0.3) is 5.56 Å². The summed E-state index contributed by atoms with van der Waals surface area (Å²) in [5, 5.41) is 18.9. The van der Waals surface area contributed by atoms with Crippen molar-refractivity contribution in [2.45, 2.75) is 6.92 Å². The average Bonchev–Trinajstić information content (AvgIpc) is 2.42. The molecule has 0 bridgehead atoms. The third-order valence-electron chi connectivity index (χ3n) is 2.83. The number of aryl methyl sites for hydroxylation is 1. The first-order chi connectivity index (χ1) is 10.0. The third kappa shape index (κ3) is 3.09. The summed E-state index contributed by atoms with van der Waals surface area (Å²) < 4.78 is 0.995. The maximum absolute atomic E-state index is 11.9. The van der Waals surface area contributed by atoms with Crippen LogP contribution in [-0.2, 0) is 0 Å². The highest BCUT2D eigenvalue weighted by Crippen LogP contribution is 2.16. The van der Waals surface area contributed by atoms with Gasteiger partial charge in [-0.3, -0.25) is 14.8 Å². The molecule has 0 saturated heterocycles. The number of hydrogen-bond donors (Lipinski definition) is 3. The first kappa shape index (κ1) is 14.7. The molecule has 0 radical (unpaired) electrons. The fourth-order valence-corrected chi connectivity index (χ4v) is 1.88. The minimum Gasteiger partial charge on any atom is -0.493 e. The van der Waals surface area contributed by atoms with E-state index in [0.717, 1.165) is 16.3 Å². The first-order valence-corrected chi connectivity index (χ1v) is 6.30. The molecule has 0 unspecified atom stereocenters. The van der Waals surface area contributed by atoms with Crippen molar-refractivity contribution in [2.75, 3.05) is 13.2 Å². The summed E-state index contributed by atoms with van der Waals surface area (Å²) in [6.45, 7) is 1.77. The molecule has 1 aromatic carbocycles. The fourth-order valence-electron chi connectivity index (χ4n) is 1.88. The summed E-state index contributed by atoms with van der Waals surface area (Å²) >= 11 is 0. The van der Waals surface area contributed by atoms with E-state index in [1.54, 1.807) is 18.2 Å². The molecule has 0 atom stereocenters. The van der Waals surface area contributed by atoms with Crippen LogP contribution in [0, 0.1) is 6.92 Å². The Labute approximate surface area is 119 Å². The van der Waals surface area contributed by atoms with E-state index in [2.05, 4.69) is 9.98 Å². The summed E-state index contributed by atoms with van der Waals surface area (Å²) in [6, 6.07) is 6.93. The summed E-state index contributed by atoms with van der Waals surface area (Å²) in [5.74, 6) is -0.490. The van der Waals surface area contributed by atoms with Gasteiger partial charge in [0, 0.05) is 6.21 Å². The van der Waals surface area contributed by atoms with Crippen molar-refractivity contribution in [3.05, 3.63) is 56.2 Å². The molecular weight excluding hydrogens is 274 g/mol. The Balaban J connectivity index is 2.65. The molecule has 0 aliphatic rings. The smallest absolute Gasteiger partial charge is 0.335 e. The summed E-state index contributed by atoms with van der Waals surface area (Å²) in [5.41, 5.74) is -0.263. The van der Waals surface area contributed by atoms with Gasteiger partial charge >= 0.3 is 5.69 Å². The number of nitrogens with zero attached hydrogens (tertiary/aromatic N) is 2. The second kappa shape index (κ2) is 6.19. The number of H-pyrrole nitrogens is 1. The number of aliphatic hydroxyl groups excluding tert-OH is 1. The van der Waals surface area contributed by atoms with Crippen molar-refractivity contribution in [3.63, 3.8) is 0 Å². The molecule has 1 aromatic heterocycles. The summed E-state index contributed by atoms with van der Waals surface area (Å²) in [4.78, 5) is 29.6. The molecule has 7 nitrogen and oxygen atoms in total. The predicted molar refractivity (Wildman–Crippen MR) is 78.6 cm³/mol. The third-order valence-corrected chi connectivity index (χ3v) is 2.83. The highest BCUT2D eigenvalue weighted by Gasteiger charge is 2.13. The van der Waals surface area contributed by atoms with Crippen LogP contribution in [-0.4, -0.2) is 39.1 Å². The molecule has 0 fully saturated rings. The predicted octanol–water partition coefficient (Wildman–Crippen LogP) is -0.0490. The topological polar surface area (TPSA) is 108 Å². The number of nitrogens with one attached hydrogen (secondary N) is 1. The van der Waals surface area contributed by atoms with Crippen LogP contribution < -0.4 is 11.2 Å². The van der Waals surface area contributed by atoms with E-state index in [4.69, 9.17) is 5.11 Å². The molecule has 21 heavy (non-hydrogen) atoms. The molecule has 0 saturated carbocycles. The summed E-state index contributed by atoms with van der Waals surface area (Å²) in [6.07, 6.45) is 1.14. The standard InChI is InChI=1S/C14H15N3O4/c1-9-3-2-4-10(7-9)17-13(20)11(8-15-5-6-18)12(19)16-14(17)21/h2-4,7-8,18,20H,5-6H2,1H3,(H,16,19,21). The van der Waals surface area contributed by atoms with E-state index in [0.29, 0.717) is 5.69 Å². The van der Waals surface area contributed by atoms with Gasteiger partial charge in [0.15, 0.2) is 0 Å².